The molecule has 1 aromatic carbocycles. The summed E-state index contributed by atoms with van der Waals surface area (Å²) in [5.41, 5.74) is -4.17. The van der Waals surface area contributed by atoms with Gasteiger partial charge in [0, 0.05) is 29.2 Å². The van der Waals surface area contributed by atoms with Gasteiger partial charge in [0.05, 0.1) is 19.4 Å². The Hall–Kier alpha value is -2.95. The topological polar surface area (TPSA) is 77.6 Å². The normalized spacial score (nSPS) is 24.8. The van der Waals surface area contributed by atoms with Crippen molar-refractivity contribution in [3.8, 4) is 5.75 Å². The summed E-state index contributed by atoms with van der Waals surface area (Å²) in [6.07, 6.45) is -6.45. The summed E-state index contributed by atoms with van der Waals surface area (Å²) in [5.74, 6) is -6.93. The fourth-order valence-electron chi connectivity index (χ4n) is 4.40. The Balaban J connectivity index is 2.35. The van der Waals surface area contributed by atoms with Gasteiger partial charge in [-0.1, -0.05) is 13.0 Å². The maximum Gasteiger partial charge on any atom is 0.417 e. The molecule has 34 heavy (non-hydrogen) atoms. The average Bonchev–Trinajstić information content (AvgIpc) is 3.01. The molecule has 3 rings (SSSR count). The summed E-state index contributed by atoms with van der Waals surface area (Å²) in [4.78, 5) is 28.1. The predicted molar refractivity (Wildman–Crippen MR) is 111 cm³/mol. The zero-order valence-corrected chi connectivity index (χ0v) is 19.1. The van der Waals surface area contributed by atoms with E-state index < -0.39 is 64.1 Å². The molecular weight excluding hydrogens is 465 g/mol. The van der Waals surface area contributed by atoms with Crippen LogP contribution in [-0.2, 0) is 9.47 Å². The number of methoxy groups -OCH3 is 1. The number of halogens is 5. The van der Waals surface area contributed by atoms with Crippen molar-refractivity contribution in [2.24, 2.45) is 5.92 Å². The van der Waals surface area contributed by atoms with E-state index in [4.69, 9.17) is 14.2 Å². The fraction of sp³-hybridized carbons (Fsp3) is 0.478. The highest BCUT2D eigenvalue weighted by Crippen LogP contribution is 2.59. The van der Waals surface area contributed by atoms with Crippen LogP contribution in [0, 0.1) is 24.5 Å². The number of aromatic nitrogens is 1. The Morgan fingerprint density at radius 3 is 2.47 bits per heavy atom. The second-order valence-electron chi connectivity index (χ2n) is 8.27. The average molecular weight is 489 g/mol. The molecule has 1 aromatic heterocycles. The molecule has 0 amide bonds. The van der Waals surface area contributed by atoms with Gasteiger partial charge in [0.2, 0.25) is 5.82 Å². The number of esters is 1. The molecule has 0 radical (unpaired) electrons. The molecule has 1 N–H and O–H groups in total. The molecule has 1 aliphatic rings. The van der Waals surface area contributed by atoms with Gasteiger partial charge >= 0.3 is 12.1 Å². The quantitative estimate of drug-likeness (QED) is 0.475. The Morgan fingerprint density at radius 1 is 1.26 bits per heavy atom. The van der Waals surface area contributed by atoms with Crippen LogP contribution < -0.4 is 10.2 Å². The van der Waals surface area contributed by atoms with Crippen molar-refractivity contribution >= 4 is 5.97 Å². The third kappa shape index (κ3) is 4.06. The van der Waals surface area contributed by atoms with Crippen molar-refractivity contribution in [3.63, 3.8) is 0 Å². The molecule has 4 atom stereocenters. The second kappa shape index (κ2) is 9.01. The van der Waals surface area contributed by atoms with Crippen LogP contribution in [0.4, 0.5) is 22.0 Å². The highest BCUT2D eigenvalue weighted by molar-refractivity contribution is 5.90. The highest BCUT2D eigenvalue weighted by Gasteiger charge is 2.65. The van der Waals surface area contributed by atoms with E-state index in [2.05, 4.69) is 4.98 Å². The first-order valence-corrected chi connectivity index (χ1v) is 10.5. The number of carbonyl (C=O) groups excluding carboxylic acids is 1. The molecule has 0 aliphatic carbocycles. The number of rotatable bonds is 5. The fourth-order valence-corrected chi connectivity index (χ4v) is 4.40. The molecule has 1 aliphatic heterocycles. The lowest BCUT2D eigenvalue weighted by molar-refractivity contribution is -0.275. The zero-order chi connectivity index (χ0) is 25.6. The van der Waals surface area contributed by atoms with Gasteiger partial charge in [0.1, 0.15) is 11.7 Å². The first kappa shape index (κ1) is 25.7. The van der Waals surface area contributed by atoms with Crippen molar-refractivity contribution in [2.75, 3.05) is 13.7 Å². The highest BCUT2D eigenvalue weighted by atomic mass is 19.4. The van der Waals surface area contributed by atoms with Gasteiger partial charge in [0.15, 0.2) is 22.6 Å². The molecule has 0 spiro atoms. The minimum atomic E-state index is -4.88. The summed E-state index contributed by atoms with van der Waals surface area (Å²) in [5, 5.41) is 0. The number of H-pyrrole nitrogens is 1. The van der Waals surface area contributed by atoms with Gasteiger partial charge < -0.3 is 19.2 Å². The molecule has 2 heterocycles. The summed E-state index contributed by atoms with van der Waals surface area (Å²) in [6, 6.07) is 2.98. The summed E-state index contributed by atoms with van der Waals surface area (Å²) in [7, 11) is 1.05. The number of aromatic amines is 1. The molecule has 0 saturated carbocycles. The number of ether oxygens (including phenoxy) is 3. The maximum atomic E-state index is 14.5. The summed E-state index contributed by atoms with van der Waals surface area (Å²) >= 11 is 0. The Labute approximate surface area is 192 Å². The number of hydrogen-bond acceptors (Lipinski definition) is 5. The summed E-state index contributed by atoms with van der Waals surface area (Å²) in [6.45, 7) is 4.97. The SMILES string of the molecule is CCOC(=O)c1c([C@@H]2O[C@@](C)(C(F)(F)F)[C@@H](C)[C@H]2c2ccc(F)c(F)c2OC)[nH]c(C)cc1=O. The van der Waals surface area contributed by atoms with E-state index in [1.165, 1.54) is 20.8 Å². The van der Waals surface area contributed by atoms with Crippen molar-refractivity contribution < 1.29 is 41.0 Å². The van der Waals surface area contributed by atoms with Crippen LogP contribution in [0.1, 0.15) is 60.1 Å². The first-order chi connectivity index (χ1) is 15.8. The van der Waals surface area contributed by atoms with E-state index >= 15 is 0 Å². The van der Waals surface area contributed by atoms with E-state index in [1.807, 2.05) is 0 Å². The van der Waals surface area contributed by atoms with Crippen molar-refractivity contribution in [3.05, 3.63) is 62.6 Å². The smallest absolute Gasteiger partial charge is 0.417 e. The minimum Gasteiger partial charge on any atom is -0.493 e. The third-order valence-electron chi connectivity index (χ3n) is 6.27. The number of benzene rings is 1. The van der Waals surface area contributed by atoms with E-state index in [9.17, 15) is 31.5 Å². The Morgan fingerprint density at radius 2 is 1.91 bits per heavy atom. The first-order valence-electron chi connectivity index (χ1n) is 10.5. The van der Waals surface area contributed by atoms with Crippen LogP contribution in [0.5, 0.6) is 5.75 Å². The molecule has 2 aromatic rings. The molecule has 1 fully saturated rings. The van der Waals surface area contributed by atoms with Crippen molar-refractivity contribution in [1.29, 1.82) is 0 Å². The lowest BCUT2D eigenvalue weighted by atomic mass is 9.76. The Bertz CT molecular complexity index is 1160. The Kier molecular flexibility index (Phi) is 6.80. The van der Waals surface area contributed by atoms with Crippen LogP contribution in [0.3, 0.4) is 0 Å². The van der Waals surface area contributed by atoms with Crippen molar-refractivity contribution in [2.45, 2.75) is 51.5 Å². The number of carbonyl (C=O) groups is 1. The van der Waals surface area contributed by atoms with Gasteiger partial charge in [0.25, 0.3) is 0 Å². The molecule has 0 unspecified atom stereocenters. The standard InChI is InChI=1S/C23H24F5NO5/c1-6-33-21(31)16-14(30)9-10(2)29-18(16)20-15(11(3)22(4,34-20)23(26,27)28)12-7-8-13(24)17(25)19(12)32-5/h7-9,11,15,20H,6H2,1-5H3,(H,29,30)/t11-,15-,20+,22+/m0/s1. The molecule has 6 nitrogen and oxygen atoms in total. The van der Waals surface area contributed by atoms with Gasteiger partial charge in [-0.05, 0) is 26.8 Å². The van der Waals surface area contributed by atoms with Crippen LogP contribution in [-0.4, -0.2) is 36.4 Å². The summed E-state index contributed by atoms with van der Waals surface area (Å²) < 4.78 is 86.5. The lowest BCUT2D eigenvalue weighted by Gasteiger charge is -2.32. The van der Waals surface area contributed by atoms with E-state index in [-0.39, 0.29) is 23.6 Å². The molecule has 0 bridgehead atoms. The van der Waals surface area contributed by atoms with Gasteiger partial charge in [-0.2, -0.15) is 17.6 Å². The zero-order valence-electron chi connectivity index (χ0n) is 19.1. The number of pyridine rings is 1. The van der Waals surface area contributed by atoms with Gasteiger partial charge in [-0.15, -0.1) is 0 Å². The molecule has 186 valence electrons. The van der Waals surface area contributed by atoms with Gasteiger partial charge in [-0.25, -0.2) is 9.18 Å². The largest absolute Gasteiger partial charge is 0.493 e. The van der Waals surface area contributed by atoms with Crippen LogP contribution in [0.25, 0.3) is 0 Å². The van der Waals surface area contributed by atoms with Crippen LogP contribution >= 0.6 is 0 Å². The van der Waals surface area contributed by atoms with E-state index in [0.717, 1.165) is 32.2 Å². The molecule has 1 saturated heterocycles. The lowest BCUT2D eigenvalue weighted by Crippen LogP contribution is -2.46. The third-order valence-corrected chi connectivity index (χ3v) is 6.27. The van der Waals surface area contributed by atoms with E-state index in [0.29, 0.717) is 0 Å². The number of alkyl halides is 3. The number of nitrogens with one attached hydrogen (secondary N) is 1. The monoisotopic (exact) mass is 489 g/mol. The van der Waals surface area contributed by atoms with E-state index in [1.54, 1.807) is 0 Å². The molecular formula is C23H24F5NO5. The van der Waals surface area contributed by atoms with Crippen LogP contribution in [0.2, 0.25) is 0 Å². The maximum absolute atomic E-state index is 14.5. The molecule has 11 heteroatoms. The minimum absolute atomic E-state index is 0.0891. The predicted octanol–water partition coefficient (Wildman–Crippen LogP) is 4.96. The number of aryl methyl sites for hydroxylation is 1. The van der Waals surface area contributed by atoms with Crippen LogP contribution in [0.15, 0.2) is 23.0 Å². The second-order valence-corrected chi connectivity index (χ2v) is 8.27. The van der Waals surface area contributed by atoms with Crippen molar-refractivity contribution in [1.82, 2.24) is 4.98 Å². The number of hydrogen-bond donors (Lipinski definition) is 1. The van der Waals surface area contributed by atoms with Gasteiger partial charge in [-0.3, -0.25) is 4.79 Å².